The van der Waals surface area contributed by atoms with E-state index in [1.54, 1.807) is 36.4 Å². The molecule has 0 atom stereocenters. The van der Waals surface area contributed by atoms with Crippen molar-refractivity contribution in [1.82, 2.24) is 15.0 Å². The highest BCUT2D eigenvalue weighted by Gasteiger charge is 2.14. The zero-order valence-electron chi connectivity index (χ0n) is 14.9. The van der Waals surface area contributed by atoms with Gasteiger partial charge in [0, 0.05) is 11.3 Å². The molecule has 9 nitrogen and oxygen atoms in total. The van der Waals surface area contributed by atoms with Crippen LogP contribution in [0.3, 0.4) is 0 Å². The molecule has 2 amide bonds. The lowest BCUT2D eigenvalue weighted by Gasteiger charge is -2.07. The van der Waals surface area contributed by atoms with E-state index in [9.17, 15) is 9.59 Å². The number of imidazole rings is 1. The number of fused-ring (bicyclic) bond motifs is 1. The number of carbonyl (C=O) groups excluding carboxylic acids is 2. The molecule has 0 aliphatic rings. The summed E-state index contributed by atoms with van der Waals surface area (Å²) in [5.74, 6) is -0.0424. The number of amides is 2. The van der Waals surface area contributed by atoms with Crippen molar-refractivity contribution >= 4 is 46.0 Å². The Morgan fingerprint density at radius 2 is 2.03 bits per heavy atom. The molecule has 3 aromatic heterocycles. The van der Waals surface area contributed by atoms with E-state index in [1.165, 1.54) is 12.5 Å². The molecule has 29 heavy (non-hydrogen) atoms. The van der Waals surface area contributed by atoms with Gasteiger partial charge in [-0.25, -0.2) is 9.97 Å². The zero-order chi connectivity index (χ0) is 20.4. The number of aromatic amines is 1. The molecule has 1 aromatic carbocycles. The normalized spacial score (nSPS) is 10.8. The van der Waals surface area contributed by atoms with E-state index < -0.39 is 0 Å². The third-order valence-corrected chi connectivity index (χ3v) is 4.36. The van der Waals surface area contributed by atoms with Crippen LogP contribution in [0.5, 0.6) is 0 Å². The van der Waals surface area contributed by atoms with Crippen LogP contribution in [0, 0.1) is 0 Å². The van der Waals surface area contributed by atoms with Gasteiger partial charge in [0.2, 0.25) is 5.91 Å². The van der Waals surface area contributed by atoms with Gasteiger partial charge in [0.25, 0.3) is 5.91 Å². The van der Waals surface area contributed by atoms with Crippen molar-refractivity contribution in [1.29, 1.82) is 0 Å². The maximum absolute atomic E-state index is 12.2. The van der Waals surface area contributed by atoms with E-state index in [-0.39, 0.29) is 24.1 Å². The fraction of sp³-hybridized carbons (Fsp3) is 0.0526. The average molecular weight is 411 g/mol. The van der Waals surface area contributed by atoms with Gasteiger partial charge >= 0.3 is 0 Å². The Balaban J connectivity index is 1.64. The Labute approximate surface area is 169 Å². The topological polar surface area (TPSA) is 139 Å². The van der Waals surface area contributed by atoms with Crippen LogP contribution in [0.4, 0.5) is 11.4 Å². The number of pyridine rings is 1. The Morgan fingerprint density at radius 3 is 2.79 bits per heavy atom. The number of hydrogen-bond donors (Lipinski definition) is 4. The van der Waals surface area contributed by atoms with E-state index in [2.05, 4.69) is 25.6 Å². The highest BCUT2D eigenvalue weighted by molar-refractivity contribution is 6.33. The number of rotatable bonds is 5. The molecule has 0 spiro atoms. The molecule has 0 fully saturated rings. The molecule has 10 heteroatoms. The van der Waals surface area contributed by atoms with Crippen molar-refractivity contribution in [2.45, 2.75) is 0 Å². The third kappa shape index (κ3) is 3.96. The molecule has 0 saturated heterocycles. The lowest BCUT2D eigenvalue weighted by molar-refractivity contribution is -0.114. The van der Waals surface area contributed by atoms with E-state index in [0.717, 1.165) is 0 Å². The van der Waals surface area contributed by atoms with Crippen LogP contribution in [0.2, 0.25) is 5.02 Å². The molecule has 3 heterocycles. The molecule has 4 rings (SSSR count). The maximum Gasteiger partial charge on any atom is 0.291 e. The number of aromatic nitrogens is 3. The molecule has 0 bridgehead atoms. The van der Waals surface area contributed by atoms with Crippen molar-refractivity contribution in [2.75, 3.05) is 17.2 Å². The second kappa shape index (κ2) is 7.74. The lowest BCUT2D eigenvalue weighted by atomic mass is 10.2. The number of furan rings is 1. The molecule has 0 aliphatic heterocycles. The first-order valence-corrected chi connectivity index (χ1v) is 8.92. The number of benzene rings is 1. The molecule has 0 radical (unpaired) electrons. The van der Waals surface area contributed by atoms with E-state index in [4.69, 9.17) is 21.8 Å². The van der Waals surface area contributed by atoms with Crippen LogP contribution in [0.15, 0.2) is 53.3 Å². The number of nitrogens with zero attached hydrogens (tertiary/aromatic N) is 2. The Kier molecular flexibility index (Phi) is 4.98. The van der Waals surface area contributed by atoms with Crippen LogP contribution in [-0.4, -0.2) is 33.3 Å². The predicted molar refractivity (Wildman–Crippen MR) is 109 cm³/mol. The number of nitrogens with two attached hydrogens (primary N) is 1. The van der Waals surface area contributed by atoms with Gasteiger partial charge in [0.1, 0.15) is 5.82 Å². The number of H-pyrrole nitrogens is 1. The summed E-state index contributed by atoms with van der Waals surface area (Å²) in [7, 11) is 0. The van der Waals surface area contributed by atoms with E-state index >= 15 is 0 Å². The lowest BCUT2D eigenvalue weighted by Crippen LogP contribution is -2.21. The second-order valence-corrected chi connectivity index (χ2v) is 6.47. The third-order valence-electron chi connectivity index (χ3n) is 4.03. The van der Waals surface area contributed by atoms with Gasteiger partial charge in [-0.1, -0.05) is 11.6 Å². The van der Waals surface area contributed by atoms with E-state index in [0.29, 0.717) is 38.9 Å². The largest absolute Gasteiger partial charge is 0.459 e. The monoisotopic (exact) mass is 410 g/mol. The van der Waals surface area contributed by atoms with Crippen LogP contribution in [0.25, 0.3) is 22.6 Å². The number of halogens is 1. The van der Waals surface area contributed by atoms with Gasteiger partial charge in [-0.15, -0.1) is 0 Å². The summed E-state index contributed by atoms with van der Waals surface area (Å²) in [4.78, 5) is 35.4. The maximum atomic E-state index is 12.2. The van der Waals surface area contributed by atoms with Gasteiger partial charge < -0.3 is 25.8 Å². The van der Waals surface area contributed by atoms with Gasteiger partial charge in [-0.3, -0.25) is 9.59 Å². The van der Waals surface area contributed by atoms with Gasteiger partial charge in [0.15, 0.2) is 11.4 Å². The minimum atomic E-state index is -0.380. The van der Waals surface area contributed by atoms with Gasteiger partial charge in [-0.05, 0) is 36.4 Å². The summed E-state index contributed by atoms with van der Waals surface area (Å²) >= 11 is 6.33. The van der Waals surface area contributed by atoms with Crippen LogP contribution >= 0.6 is 11.6 Å². The van der Waals surface area contributed by atoms with Gasteiger partial charge in [0.05, 0.1) is 35.2 Å². The summed E-state index contributed by atoms with van der Waals surface area (Å²) in [6.07, 6.45) is 2.91. The summed E-state index contributed by atoms with van der Waals surface area (Å²) in [5.41, 5.74) is 7.96. The first kappa shape index (κ1) is 18.7. The molecule has 146 valence electrons. The van der Waals surface area contributed by atoms with Crippen molar-refractivity contribution in [3.63, 3.8) is 0 Å². The number of anilines is 2. The number of nitrogens with one attached hydrogen (secondary N) is 3. The molecular weight excluding hydrogens is 396 g/mol. The van der Waals surface area contributed by atoms with Crippen molar-refractivity contribution in [2.24, 2.45) is 5.73 Å². The average Bonchev–Trinajstić information content (AvgIpc) is 3.38. The molecule has 4 aromatic rings. The second-order valence-electron chi connectivity index (χ2n) is 6.06. The summed E-state index contributed by atoms with van der Waals surface area (Å²) in [6, 6.07) is 9.92. The molecule has 0 saturated carbocycles. The first-order chi connectivity index (χ1) is 14.0. The minimum absolute atomic E-state index is 0.127. The van der Waals surface area contributed by atoms with Crippen molar-refractivity contribution < 1.29 is 14.0 Å². The Bertz CT molecular complexity index is 1200. The quantitative estimate of drug-likeness (QED) is 0.399. The Morgan fingerprint density at radius 1 is 1.17 bits per heavy atom. The van der Waals surface area contributed by atoms with Gasteiger partial charge in [-0.2, -0.15) is 0 Å². The van der Waals surface area contributed by atoms with Crippen LogP contribution in [0.1, 0.15) is 10.6 Å². The fourth-order valence-electron chi connectivity index (χ4n) is 2.69. The smallest absolute Gasteiger partial charge is 0.291 e. The SMILES string of the molecule is NCC(=O)Nc1cnc2nc(-c3cc(NC(=O)c4ccco4)ccc3Cl)[nH]c2c1. The molecular formula is C19H15ClN6O3. The minimum Gasteiger partial charge on any atom is -0.459 e. The standard InChI is InChI=1S/C19H15ClN6O3/c20-13-4-3-10(24-19(28)15-2-1-5-29-15)6-12(13)17-25-14-7-11(23-16(27)8-21)9-22-18(14)26-17/h1-7,9H,8,21H2,(H,23,27)(H,24,28)(H,22,25,26). The highest BCUT2D eigenvalue weighted by Crippen LogP contribution is 2.30. The van der Waals surface area contributed by atoms with Crippen molar-refractivity contribution in [3.8, 4) is 11.4 Å². The predicted octanol–water partition coefficient (Wildman–Crippen LogP) is 3.02. The first-order valence-electron chi connectivity index (χ1n) is 8.54. The summed E-state index contributed by atoms with van der Waals surface area (Å²) < 4.78 is 5.09. The van der Waals surface area contributed by atoms with E-state index in [1.807, 2.05) is 0 Å². The summed E-state index contributed by atoms with van der Waals surface area (Å²) in [5, 5.41) is 5.82. The molecule has 0 aliphatic carbocycles. The molecule has 0 unspecified atom stereocenters. The number of carbonyl (C=O) groups is 2. The fourth-order valence-corrected chi connectivity index (χ4v) is 2.90. The number of hydrogen-bond acceptors (Lipinski definition) is 6. The van der Waals surface area contributed by atoms with Crippen LogP contribution < -0.4 is 16.4 Å². The Hall–Kier alpha value is -3.69. The molecule has 5 N–H and O–H groups in total. The van der Waals surface area contributed by atoms with Crippen molar-refractivity contribution in [3.05, 3.63) is 59.6 Å². The highest BCUT2D eigenvalue weighted by atomic mass is 35.5. The summed E-state index contributed by atoms with van der Waals surface area (Å²) in [6.45, 7) is -0.127. The zero-order valence-corrected chi connectivity index (χ0v) is 15.7. The van der Waals surface area contributed by atoms with Crippen LogP contribution in [-0.2, 0) is 4.79 Å².